The molecule has 2 atom stereocenters. The number of rotatable bonds is 5. The van der Waals surface area contributed by atoms with Gasteiger partial charge in [0, 0.05) is 0 Å². The number of amides is 1. The minimum Gasteiger partial charge on any atom is -0.497 e. The van der Waals surface area contributed by atoms with Gasteiger partial charge in [-0.05, 0) is 30.5 Å². The number of benzene rings is 1. The van der Waals surface area contributed by atoms with Crippen LogP contribution in [0.25, 0.3) is 0 Å². The molecular weight excluding hydrogens is 228 g/mol. The maximum atomic E-state index is 11.9. The first kappa shape index (κ1) is 14.5. The van der Waals surface area contributed by atoms with E-state index in [0.717, 1.165) is 11.3 Å². The summed E-state index contributed by atoms with van der Waals surface area (Å²) in [5.41, 5.74) is 6.80. The van der Waals surface area contributed by atoms with E-state index in [0.29, 0.717) is 0 Å². The summed E-state index contributed by atoms with van der Waals surface area (Å²) in [6.07, 6.45) is 0. The number of nitrogens with one attached hydrogen (secondary N) is 1. The molecule has 0 bridgehead atoms. The van der Waals surface area contributed by atoms with Crippen LogP contribution < -0.4 is 15.8 Å². The van der Waals surface area contributed by atoms with Crippen LogP contribution in [0.5, 0.6) is 5.75 Å². The molecule has 4 nitrogen and oxygen atoms in total. The Morgan fingerprint density at radius 2 is 2.00 bits per heavy atom. The van der Waals surface area contributed by atoms with Crippen molar-refractivity contribution in [3.8, 4) is 5.75 Å². The van der Waals surface area contributed by atoms with Crippen LogP contribution in [0.3, 0.4) is 0 Å². The van der Waals surface area contributed by atoms with Crippen LogP contribution in [0.15, 0.2) is 24.3 Å². The lowest BCUT2D eigenvalue weighted by Crippen LogP contribution is -2.44. The molecule has 4 heteroatoms. The van der Waals surface area contributed by atoms with Gasteiger partial charge < -0.3 is 15.8 Å². The van der Waals surface area contributed by atoms with E-state index in [-0.39, 0.29) is 17.9 Å². The lowest BCUT2D eigenvalue weighted by Gasteiger charge is -2.20. The number of ether oxygens (including phenoxy) is 1. The van der Waals surface area contributed by atoms with Gasteiger partial charge >= 0.3 is 0 Å². The number of hydrogen-bond donors (Lipinski definition) is 2. The first-order chi connectivity index (χ1) is 8.45. The molecule has 0 aromatic heterocycles. The lowest BCUT2D eigenvalue weighted by molar-refractivity contribution is -0.123. The Bertz CT molecular complexity index is 405. The molecule has 1 aromatic rings. The van der Waals surface area contributed by atoms with Crippen molar-refractivity contribution in [3.63, 3.8) is 0 Å². The Morgan fingerprint density at radius 3 is 2.56 bits per heavy atom. The third kappa shape index (κ3) is 3.74. The fourth-order valence-corrected chi connectivity index (χ4v) is 1.61. The van der Waals surface area contributed by atoms with Crippen LogP contribution in [0.4, 0.5) is 0 Å². The third-order valence-corrected chi connectivity index (χ3v) is 2.97. The van der Waals surface area contributed by atoms with E-state index < -0.39 is 6.04 Å². The fraction of sp³-hybridized carbons (Fsp3) is 0.500. The maximum Gasteiger partial charge on any atom is 0.237 e. The summed E-state index contributed by atoms with van der Waals surface area (Å²) in [4.78, 5) is 11.9. The smallest absolute Gasteiger partial charge is 0.237 e. The number of hydrogen-bond acceptors (Lipinski definition) is 3. The van der Waals surface area contributed by atoms with Gasteiger partial charge in [-0.15, -0.1) is 0 Å². The van der Waals surface area contributed by atoms with Gasteiger partial charge in [-0.3, -0.25) is 4.79 Å². The Balaban J connectivity index is 2.70. The van der Waals surface area contributed by atoms with Gasteiger partial charge in [0.1, 0.15) is 5.75 Å². The van der Waals surface area contributed by atoms with Crippen molar-refractivity contribution in [2.75, 3.05) is 7.11 Å². The third-order valence-electron chi connectivity index (χ3n) is 2.97. The molecule has 1 rings (SSSR count). The minimum absolute atomic E-state index is 0.0857. The second-order valence-electron chi connectivity index (χ2n) is 4.78. The highest BCUT2D eigenvalue weighted by Gasteiger charge is 2.19. The van der Waals surface area contributed by atoms with Crippen molar-refractivity contribution in [2.24, 2.45) is 11.7 Å². The van der Waals surface area contributed by atoms with Crippen molar-refractivity contribution in [1.82, 2.24) is 5.32 Å². The molecule has 3 N–H and O–H groups in total. The van der Waals surface area contributed by atoms with E-state index in [1.165, 1.54) is 0 Å². The predicted molar refractivity (Wildman–Crippen MR) is 72.4 cm³/mol. The highest BCUT2D eigenvalue weighted by atomic mass is 16.5. The van der Waals surface area contributed by atoms with Gasteiger partial charge in [-0.2, -0.15) is 0 Å². The molecule has 0 aliphatic rings. The molecule has 1 amide bonds. The standard InChI is InChI=1S/C14H22N2O2/c1-9(2)13(15)14(17)16-10(3)11-6-5-7-12(8-11)18-4/h5-10,13H,15H2,1-4H3,(H,16,17)/t10-,13-/m1/s1. The summed E-state index contributed by atoms with van der Waals surface area (Å²) in [6.45, 7) is 5.79. The lowest BCUT2D eigenvalue weighted by atomic mass is 10.0. The highest BCUT2D eigenvalue weighted by Crippen LogP contribution is 2.18. The molecule has 1 aromatic carbocycles. The summed E-state index contributed by atoms with van der Waals surface area (Å²) in [5, 5.41) is 2.91. The molecule has 0 radical (unpaired) electrons. The van der Waals surface area contributed by atoms with E-state index in [4.69, 9.17) is 10.5 Å². The highest BCUT2D eigenvalue weighted by molar-refractivity contribution is 5.82. The van der Waals surface area contributed by atoms with Crippen LogP contribution in [-0.2, 0) is 4.79 Å². The zero-order valence-electron chi connectivity index (χ0n) is 11.4. The summed E-state index contributed by atoms with van der Waals surface area (Å²) >= 11 is 0. The Kier molecular flexibility index (Phi) is 5.16. The van der Waals surface area contributed by atoms with Gasteiger partial charge in [-0.1, -0.05) is 26.0 Å². The molecular formula is C14H22N2O2. The SMILES string of the molecule is COc1cccc([C@@H](C)NC(=O)[C@H](N)C(C)C)c1. The number of carbonyl (C=O) groups is 1. The van der Waals surface area contributed by atoms with E-state index in [9.17, 15) is 4.79 Å². The second-order valence-corrected chi connectivity index (χ2v) is 4.78. The minimum atomic E-state index is -0.474. The normalized spacial score (nSPS) is 14.1. The fourth-order valence-electron chi connectivity index (χ4n) is 1.61. The quantitative estimate of drug-likeness (QED) is 0.838. The first-order valence-electron chi connectivity index (χ1n) is 6.15. The van der Waals surface area contributed by atoms with E-state index in [1.54, 1.807) is 7.11 Å². The van der Waals surface area contributed by atoms with Gasteiger partial charge in [0.25, 0.3) is 0 Å². The van der Waals surface area contributed by atoms with Gasteiger partial charge in [0.2, 0.25) is 5.91 Å². The van der Waals surface area contributed by atoms with Crippen LogP contribution in [-0.4, -0.2) is 19.1 Å². The topological polar surface area (TPSA) is 64.3 Å². The predicted octanol–water partition coefficient (Wildman–Crippen LogP) is 1.86. The molecule has 0 aliphatic carbocycles. The van der Waals surface area contributed by atoms with E-state index in [2.05, 4.69) is 5.32 Å². The van der Waals surface area contributed by atoms with Gasteiger partial charge in [0.15, 0.2) is 0 Å². The Labute approximate surface area is 109 Å². The first-order valence-corrected chi connectivity index (χ1v) is 6.15. The monoisotopic (exact) mass is 250 g/mol. The molecule has 0 aliphatic heterocycles. The Hall–Kier alpha value is -1.55. The summed E-state index contributed by atoms with van der Waals surface area (Å²) in [7, 11) is 1.62. The molecule has 0 saturated carbocycles. The summed E-state index contributed by atoms with van der Waals surface area (Å²) in [6, 6.07) is 7.08. The largest absolute Gasteiger partial charge is 0.497 e. The average molecular weight is 250 g/mol. The summed E-state index contributed by atoms with van der Waals surface area (Å²) < 4.78 is 5.16. The zero-order valence-corrected chi connectivity index (χ0v) is 11.4. The average Bonchev–Trinajstić information content (AvgIpc) is 2.37. The molecule has 0 fully saturated rings. The van der Waals surface area contributed by atoms with E-state index in [1.807, 2.05) is 45.0 Å². The molecule has 0 saturated heterocycles. The molecule has 0 heterocycles. The number of methoxy groups -OCH3 is 1. The van der Waals surface area contributed by atoms with Crippen LogP contribution in [0.2, 0.25) is 0 Å². The van der Waals surface area contributed by atoms with Crippen molar-refractivity contribution in [1.29, 1.82) is 0 Å². The molecule has 0 spiro atoms. The maximum absolute atomic E-state index is 11.9. The number of nitrogens with two attached hydrogens (primary N) is 1. The van der Waals surface area contributed by atoms with Crippen molar-refractivity contribution in [2.45, 2.75) is 32.9 Å². The van der Waals surface area contributed by atoms with Crippen molar-refractivity contribution < 1.29 is 9.53 Å². The van der Waals surface area contributed by atoms with Crippen LogP contribution in [0.1, 0.15) is 32.4 Å². The molecule has 100 valence electrons. The van der Waals surface area contributed by atoms with Crippen LogP contribution in [0, 0.1) is 5.92 Å². The van der Waals surface area contributed by atoms with Crippen molar-refractivity contribution in [3.05, 3.63) is 29.8 Å². The van der Waals surface area contributed by atoms with Crippen LogP contribution >= 0.6 is 0 Å². The zero-order chi connectivity index (χ0) is 13.7. The molecule has 0 unspecified atom stereocenters. The van der Waals surface area contributed by atoms with Gasteiger partial charge in [0.05, 0.1) is 19.2 Å². The van der Waals surface area contributed by atoms with Crippen molar-refractivity contribution >= 4 is 5.91 Å². The molecule has 18 heavy (non-hydrogen) atoms. The summed E-state index contributed by atoms with van der Waals surface area (Å²) in [5.74, 6) is 0.782. The van der Waals surface area contributed by atoms with E-state index >= 15 is 0 Å². The van der Waals surface area contributed by atoms with Gasteiger partial charge in [-0.25, -0.2) is 0 Å². The second kappa shape index (κ2) is 6.40. The number of carbonyl (C=O) groups excluding carboxylic acids is 1. The Morgan fingerprint density at radius 1 is 1.33 bits per heavy atom.